The van der Waals surface area contributed by atoms with Crippen LogP contribution >= 0.6 is 11.3 Å². The van der Waals surface area contributed by atoms with Crippen molar-refractivity contribution in [2.45, 2.75) is 12.5 Å². The van der Waals surface area contributed by atoms with Gasteiger partial charge in [0.1, 0.15) is 5.82 Å². The van der Waals surface area contributed by atoms with Crippen LogP contribution in [0.25, 0.3) is 0 Å². The Morgan fingerprint density at radius 1 is 1.40 bits per heavy atom. The smallest absolute Gasteiger partial charge is 0.251 e. The summed E-state index contributed by atoms with van der Waals surface area (Å²) in [5.74, 6) is -0.492. The molecule has 1 aliphatic rings. The first-order valence-electron chi connectivity index (χ1n) is 6.43. The standard InChI is InChI=1S/C14H14FN3OS/c15-11-3-1-10(2-4-11)13(19)17-12-5-7-18(9-12)14-16-6-8-20-14/h1-4,6,8,12H,5,7,9H2,(H,17,19). The molecule has 6 heteroatoms. The first kappa shape index (κ1) is 13.1. The van der Waals surface area contributed by atoms with E-state index in [1.807, 2.05) is 5.38 Å². The van der Waals surface area contributed by atoms with E-state index in [0.717, 1.165) is 24.6 Å². The summed E-state index contributed by atoms with van der Waals surface area (Å²) < 4.78 is 12.8. The van der Waals surface area contributed by atoms with Crippen LogP contribution < -0.4 is 10.2 Å². The highest BCUT2D eigenvalue weighted by Crippen LogP contribution is 2.22. The molecule has 2 heterocycles. The van der Waals surface area contributed by atoms with E-state index in [1.165, 1.54) is 24.3 Å². The van der Waals surface area contributed by atoms with Gasteiger partial charge in [-0.1, -0.05) is 0 Å². The quantitative estimate of drug-likeness (QED) is 0.943. The molecule has 20 heavy (non-hydrogen) atoms. The fourth-order valence-corrected chi connectivity index (χ4v) is 2.97. The molecule has 1 N–H and O–H groups in total. The minimum atomic E-state index is -0.336. The van der Waals surface area contributed by atoms with Crippen LogP contribution in [-0.4, -0.2) is 30.0 Å². The molecular formula is C14H14FN3OS. The number of aromatic nitrogens is 1. The Kier molecular flexibility index (Phi) is 3.64. The van der Waals surface area contributed by atoms with Gasteiger partial charge in [-0.2, -0.15) is 0 Å². The number of carbonyl (C=O) groups is 1. The number of nitrogens with one attached hydrogen (secondary N) is 1. The van der Waals surface area contributed by atoms with Gasteiger partial charge >= 0.3 is 0 Å². The molecule has 3 rings (SSSR count). The van der Waals surface area contributed by atoms with Crippen molar-refractivity contribution in [3.05, 3.63) is 47.2 Å². The zero-order valence-electron chi connectivity index (χ0n) is 10.8. The second kappa shape index (κ2) is 5.58. The molecular weight excluding hydrogens is 277 g/mol. The van der Waals surface area contributed by atoms with Crippen LogP contribution in [0.15, 0.2) is 35.8 Å². The Bertz CT molecular complexity index is 585. The molecule has 0 bridgehead atoms. The highest BCUT2D eigenvalue weighted by molar-refractivity contribution is 7.13. The maximum Gasteiger partial charge on any atom is 0.251 e. The Labute approximate surface area is 120 Å². The van der Waals surface area contributed by atoms with Crippen molar-refractivity contribution in [1.82, 2.24) is 10.3 Å². The number of rotatable bonds is 3. The molecule has 1 aliphatic heterocycles. The van der Waals surface area contributed by atoms with E-state index in [9.17, 15) is 9.18 Å². The van der Waals surface area contributed by atoms with Crippen molar-refractivity contribution in [2.75, 3.05) is 18.0 Å². The second-order valence-electron chi connectivity index (χ2n) is 4.73. The lowest BCUT2D eigenvalue weighted by molar-refractivity contribution is 0.0940. The summed E-state index contributed by atoms with van der Waals surface area (Å²) in [4.78, 5) is 18.5. The Morgan fingerprint density at radius 2 is 2.20 bits per heavy atom. The predicted octanol–water partition coefficient (Wildman–Crippen LogP) is 2.29. The molecule has 1 fully saturated rings. The summed E-state index contributed by atoms with van der Waals surface area (Å²) in [5.41, 5.74) is 0.485. The summed E-state index contributed by atoms with van der Waals surface area (Å²) >= 11 is 1.60. The topological polar surface area (TPSA) is 45.2 Å². The van der Waals surface area contributed by atoms with Crippen molar-refractivity contribution in [1.29, 1.82) is 0 Å². The Balaban J connectivity index is 1.59. The lowest BCUT2D eigenvalue weighted by Crippen LogP contribution is -2.37. The molecule has 104 valence electrons. The van der Waals surface area contributed by atoms with E-state index in [0.29, 0.717) is 5.56 Å². The van der Waals surface area contributed by atoms with E-state index in [-0.39, 0.29) is 17.8 Å². The molecule has 1 aromatic heterocycles. The molecule has 0 saturated carbocycles. The van der Waals surface area contributed by atoms with Gasteiger partial charge in [0.15, 0.2) is 5.13 Å². The summed E-state index contributed by atoms with van der Waals surface area (Å²) in [5, 5.41) is 5.91. The summed E-state index contributed by atoms with van der Waals surface area (Å²) in [6.07, 6.45) is 2.68. The largest absolute Gasteiger partial charge is 0.347 e. The zero-order chi connectivity index (χ0) is 13.9. The number of anilines is 1. The molecule has 0 spiro atoms. The van der Waals surface area contributed by atoms with E-state index in [4.69, 9.17) is 0 Å². The average molecular weight is 291 g/mol. The minimum Gasteiger partial charge on any atom is -0.347 e. The van der Waals surface area contributed by atoms with E-state index in [2.05, 4.69) is 15.2 Å². The van der Waals surface area contributed by atoms with Crippen molar-refractivity contribution in [2.24, 2.45) is 0 Å². The normalized spacial score (nSPS) is 18.2. The molecule has 0 radical (unpaired) electrons. The number of halogens is 1. The third-order valence-corrected chi connectivity index (χ3v) is 4.15. The number of benzene rings is 1. The van der Waals surface area contributed by atoms with Crippen molar-refractivity contribution >= 4 is 22.4 Å². The fourth-order valence-electron chi connectivity index (χ4n) is 2.29. The van der Waals surface area contributed by atoms with Gasteiger partial charge in [0, 0.05) is 36.3 Å². The molecule has 1 aromatic carbocycles. The maximum atomic E-state index is 12.8. The fraction of sp³-hybridized carbons (Fsp3) is 0.286. The number of amides is 1. The summed E-state index contributed by atoms with van der Waals surface area (Å²) in [7, 11) is 0. The molecule has 0 aliphatic carbocycles. The molecule has 1 saturated heterocycles. The van der Waals surface area contributed by atoms with Crippen LogP contribution in [0.3, 0.4) is 0 Å². The van der Waals surface area contributed by atoms with Crippen LogP contribution in [0.5, 0.6) is 0 Å². The van der Waals surface area contributed by atoms with Crippen LogP contribution in [0, 0.1) is 5.82 Å². The minimum absolute atomic E-state index is 0.108. The van der Waals surface area contributed by atoms with Crippen molar-refractivity contribution < 1.29 is 9.18 Å². The zero-order valence-corrected chi connectivity index (χ0v) is 11.6. The van der Waals surface area contributed by atoms with Gasteiger partial charge < -0.3 is 10.2 Å². The highest BCUT2D eigenvalue weighted by Gasteiger charge is 2.25. The van der Waals surface area contributed by atoms with Crippen LogP contribution in [0.2, 0.25) is 0 Å². The van der Waals surface area contributed by atoms with Crippen molar-refractivity contribution in [3.63, 3.8) is 0 Å². The predicted molar refractivity (Wildman–Crippen MR) is 76.6 cm³/mol. The van der Waals surface area contributed by atoms with Gasteiger partial charge in [0.2, 0.25) is 0 Å². The number of hydrogen-bond acceptors (Lipinski definition) is 4. The van der Waals surface area contributed by atoms with Gasteiger partial charge in [0.25, 0.3) is 5.91 Å². The lowest BCUT2D eigenvalue weighted by atomic mass is 10.2. The number of carbonyl (C=O) groups excluding carboxylic acids is 1. The van der Waals surface area contributed by atoms with Crippen molar-refractivity contribution in [3.8, 4) is 0 Å². The van der Waals surface area contributed by atoms with Gasteiger partial charge in [-0.3, -0.25) is 4.79 Å². The van der Waals surface area contributed by atoms with Crippen LogP contribution in [0.4, 0.5) is 9.52 Å². The molecule has 1 atom stereocenters. The molecule has 1 unspecified atom stereocenters. The molecule has 4 nitrogen and oxygen atoms in total. The molecule has 2 aromatic rings. The van der Waals surface area contributed by atoms with Gasteiger partial charge in [-0.15, -0.1) is 11.3 Å². The SMILES string of the molecule is O=C(NC1CCN(c2nccs2)C1)c1ccc(F)cc1. The highest BCUT2D eigenvalue weighted by atomic mass is 32.1. The molecule has 1 amide bonds. The van der Waals surface area contributed by atoms with E-state index in [1.54, 1.807) is 17.5 Å². The maximum absolute atomic E-state index is 12.8. The average Bonchev–Trinajstić information content (AvgIpc) is 3.09. The van der Waals surface area contributed by atoms with E-state index < -0.39 is 0 Å². The number of thiazole rings is 1. The second-order valence-corrected chi connectivity index (χ2v) is 5.60. The Morgan fingerprint density at radius 3 is 2.90 bits per heavy atom. The summed E-state index contributed by atoms with van der Waals surface area (Å²) in [6, 6.07) is 5.70. The Hall–Kier alpha value is -1.95. The first-order valence-corrected chi connectivity index (χ1v) is 7.31. The lowest BCUT2D eigenvalue weighted by Gasteiger charge is -2.15. The third-order valence-electron chi connectivity index (χ3n) is 3.32. The van der Waals surface area contributed by atoms with Gasteiger partial charge in [-0.05, 0) is 30.7 Å². The monoisotopic (exact) mass is 291 g/mol. The van der Waals surface area contributed by atoms with Crippen LogP contribution in [-0.2, 0) is 0 Å². The van der Waals surface area contributed by atoms with E-state index >= 15 is 0 Å². The number of nitrogens with zero attached hydrogens (tertiary/aromatic N) is 2. The van der Waals surface area contributed by atoms with Gasteiger partial charge in [0.05, 0.1) is 0 Å². The van der Waals surface area contributed by atoms with Crippen LogP contribution in [0.1, 0.15) is 16.8 Å². The summed E-state index contributed by atoms with van der Waals surface area (Å²) in [6.45, 7) is 1.66. The third kappa shape index (κ3) is 2.80. The number of hydrogen-bond donors (Lipinski definition) is 1. The van der Waals surface area contributed by atoms with Gasteiger partial charge in [-0.25, -0.2) is 9.37 Å². The first-order chi connectivity index (χ1) is 9.72.